The standard InChI is InChI=1S/C12H14Br2N2O2/c1-12(2,6-10(15)17)16-11(18)7-3-8(13)5-9(14)4-7/h3-5H,6H2,1-2H3,(H2,15,17)(H,16,18). The van der Waals surface area contributed by atoms with E-state index in [0.29, 0.717) is 5.56 Å². The Morgan fingerprint density at radius 1 is 1.22 bits per heavy atom. The van der Waals surface area contributed by atoms with Gasteiger partial charge in [0.05, 0.1) is 0 Å². The first kappa shape index (κ1) is 15.2. The fourth-order valence-corrected chi connectivity index (χ4v) is 2.84. The molecular weight excluding hydrogens is 364 g/mol. The number of halogens is 2. The molecule has 0 aliphatic rings. The fraction of sp³-hybridized carbons (Fsp3) is 0.333. The van der Waals surface area contributed by atoms with Gasteiger partial charge >= 0.3 is 0 Å². The minimum absolute atomic E-state index is 0.0912. The molecule has 0 saturated carbocycles. The lowest BCUT2D eigenvalue weighted by atomic mass is 9.99. The molecule has 0 unspecified atom stereocenters. The van der Waals surface area contributed by atoms with Gasteiger partial charge in [0.2, 0.25) is 5.91 Å². The minimum atomic E-state index is -0.669. The van der Waals surface area contributed by atoms with E-state index < -0.39 is 11.4 Å². The van der Waals surface area contributed by atoms with Crippen LogP contribution in [0.5, 0.6) is 0 Å². The van der Waals surface area contributed by atoms with E-state index in [2.05, 4.69) is 37.2 Å². The zero-order valence-corrected chi connectivity index (χ0v) is 13.3. The molecule has 98 valence electrons. The molecule has 0 aromatic heterocycles. The Bertz CT molecular complexity index is 467. The Morgan fingerprint density at radius 2 is 1.72 bits per heavy atom. The number of nitrogens with two attached hydrogens (primary N) is 1. The molecule has 3 N–H and O–H groups in total. The van der Waals surface area contributed by atoms with Gasteiger partial charge in [0.15, 0.2) is 0 Å². The molecule has 4 nitrogen and oxygen atoms in total. The first-order valence-corrected chi connectivity index (χ1v) is 6.85. The molecule has 0 bridgehead atoms. The average molecular weight is 378 g/mol. The van der Waals surface area contributed by atoms with Crippen LogP contribution in [0.15, 0.2) is 27.1 Å². The van der Waals surface area contributed by atoms with Crippen LogP contribution < -0.4 is 11.1 Å². The van der Waals surface area contributed by atoms with Gasteiger partial charge in [0.25, 0.3) is 5.91 Å². The molecule has 0 radical (unpaired) electrons. The van der Waals surface area contributed by atoms with Crippen molar-refractivity contribution in [2.45, 2.75) is 25.8 Å². The van der Waals surface area contributed by atoms with Crippen LogP contribution in [0.3, 0.4) is 0 Å². The highest BCUT2D eigenvalue weighted by Gasteiger charge is 2.23. The van der Waals surface area contributed by atoms with Gasteiger partial charge < -0.3 is 11.1 Å². The van der Waals surface area contributed by atoms with Crippen LogP contribution in [0.4, 0.5) is 0 Å². The van der Waals surface area contributed by atoms with E-state index in [-0.39, 0.29) is 12.3 Å². The van der Waals surface area contributed by atoms with Gasteiger partial charge in [-0.15, -0.1) is 0 Å². The third-order valence-corrected chi connectivity index (χ3v) is 3.11. The van der Waals surface area contributed by atoms with Gasteiger partial charge in [-0.25, -0.2) is 0 Å². The molecule has 0 heterocycles. The van der Waals surface area contributed by atoms with Crippen molar-refractivity contribution in [3.05, 3.63) is 32.7 Å². The SMILES string of the molecule is CC(C)(CC(N)=O)NC(=O)c1cc(Br)cc(Br)c1. The van der Waals surface area contributed by atoms with E-state index >= 15 is 0 Å². The number of benzene rings is 1. The molecule has 2 amide bonds. The van der Waals surface area contributed by atoms with Crippen LogP contribution in [0, 0.1) is 0 Å². The molecule has 0 saturated heterocycles. The van der Waals surface area contributed by atoms with Crippen molar-refractivity contribution in [3.63, 3.8) is 0 Å². The van der Waals surface area contributed by atoms with Crippen LogP contribution in [-0.4, -0.2) is 17.4 Å². The fourth-order valence-electron chi connectivity index (χ4n) is 1.54. The van der Waals surface area contributed by atoms with Crippen LogP contribution in [0.25, 0.3) is 0 Å². The van der Waals surface area contributed by atoms with E-state index in [1.54, 1.807) is 26.0 Å². The van der Waals surface area contributed by atoms with Crippen LogP contribution in [-0.2, 0) is 4.79 Å². The third kappa shape index (κ3) is 4.78. The highest BCUT2D eigenvalue weighted by atomic mass is 79.9. The molecule has 0 aliphatic heterocycles. The van der Waals surface area contributed by atoms with Crippen molar-refractivity contribution in [3.8, 4) is 0 Å². The predicted octanol–water partition coefficient (Wildman–Crippen LogP) is 2.60. The molecule has 0 aliphatic carbocycles. The second-order valence-corrected chi connectivity index (χ2v) is 6.47. The average Bonchev–Trinajstić information content (AvgIpc) is 2.12. The third-order valence-electron chi connectivity index (χ3n) is 2.19. The summed E-state index contributed by atoms with van der Waals surface area (Å²) < 4.78 is 1.60. The summed E-state index contributed by atoms with van der Waals surface area (Å²) in [5, 5.41) is 2.78. The van der Waals surface area contributed by atoms with Crippen LogP contribution in [0.2, 0.25) is 0 Å². The van der Waals surface area contributed by atoms with Gasteiger partial charge in [-0.3, -0.25) is 9.59 Å². The molecule has 0 fully saturated rings. The van der Waals surface area contributed by atoms with Crippen molar-refractivity contribution < 1.29 is 9.59 Å². The number of hydrogen-bond donors (Lipinski definition) is 2. The van der Waals surface area contributed by atoms with E-state index in [1.807, 2.05) is 6.07 Å². The summed E-state index contributed by atoms with van der Waals surface area (Å²) in [4.78, 5) is 22.9. The molecular formula is C12H14Br2N2O2. The van der Waals surface area contributed by atoms with Crippen molar-refractivity contribution in [1.29, 1.82) is 0 Å². The summed E-state index contributed by atoms with van der Waals surface area (Å²) in [6, 6.07) is 5.26. The van der Waals surface area contributed by atoms with E-state index in [4.69, 9.17) is 5.73 Å². The maximum absolute atomic E-state index is 12.0. The predicted molar refractivity (Wildman–Crippen MR) is 77.2 cm³/mol. The van der Waals surface area contributed by atoms with Crippen LogP contribution in [0.1, 0.15) is 30.6 Å². The topological polar surface area (TPSA) is 72.2 Å². The monoisotopic (exact) mass is 376 g/mol. The molecule has 1 aromatic carbocycles. The second kappa shape index (κ2) is 5.84. The lowest BCUT2D eigenvalue weighted by molar-refractivity contribution is -0.119. The lowest BCUT2D eigenvalue weighted by Gasteiger charge is -2.24. The first-order valence-electron chi connectivity index (χ1n) is 5.26. The number of nitrogens with one attached hydrogen (secondary N) is 1. The van der Waals surface area contributed by atoms with Crippen molar-refractivity contribution in [1.82, 2.24) is 5.32 Å². The number of carbonyl (C=O) groups excluding carboxylic acids is 2. The Balaban J connectivity index is 2.85. The minimum Gasteiger partial charge on any atom is -0.370 e. The van der Waals surface area contributed by atoms with Gasteiger partial charge in [0.1, 0.15) is 0 Å². The molecule has 6 heteroatoms. The number of amides is 2. The molecule has 1 rings (SSSR count). The zero-order valence-electron chi connectivity index (χ0n) is 10.1. The van der Waals surface area contributed by atoms with E-state index in [9.17, 15) is 9.59 Å². The summed E-state index contributed by atoms with van der Waals surface area (Å²) >= 11 is 6.63. The maximum Gasteiger partial charge on any atom is 0.251 e. The summed E-state index contributed by atoms with van der Waals surface area (Å²) in [6.45, 7) is 3.51. The highest BCUT2D eigenvalue weighted by Crippen LogP contribution is 2.20. The van der Waals surface area contributed by atoms with Gasteiger partial charge in [-0.05, 0) is 32.0 Å². The summed E-state index contributed by atoms with van der Waals surface area (Å²) in [6.07, 6.45) is 0.0912. The number of rotatable bonds is 4. The first-order chi connectivity index (χ1) is 8.19. The quantitative estimate of drug-likeness (QED) is 0.846. The summed E-state index contributed by atoms with van der Waals surface area (Å²) in [5.41, 5.74) is 4.98. The molecule has 1 aromatic rings. The van der Waals surface area contributed by atoms with Gasteiger partial charge in [-0.2, -0.15) is 0 Å². The van der Waals surface area contributed by atoms with Crippen molar-refractivity contribution >= 4 is 43.7 Å². The Labute approximate surface area is 123 Å². The van der Waals surface area contributed by atoms with Crippen molar-refractivity contribution in [2.24, 2.45) is 5.73 Å². The van der Waals surface area contributed by atoms with E-state index in [1.165, 1.54) is 0 Å². The van der Waals surface area contributed by atoms with Gasteiger partial charge in [0, 0.05) is 26.5 Å². The lowest BCUT2D eigenvalue weighted by Crippen LogP contribution is -2.46. The Hall–Kier alpha value is -0.880. The Kier molecular flexibility index (Phi) is 4.92. The summed E-state index contributed by atoms with van der Waals surface area (Å²) in [7, 11) is 0. The zero-order chi connectivity index (χ0) is 13.9. The number of primary amides is 1. The largest absolute Gasteiger partial charge is 0.370 e. The number of carbonyl (C=O) groups is 2. The normalized spacial score (nSPS) is 11.1. The Morgan fingerprint density at radius 3 is 2.17 bits per heavy atom. The smallest absolute Gasteiger partial charge is 0.251 e. The van der Waals surface area contributed by atoms with Crippen molar-refractivity contribution in [2.75, 3.05) is 0 Å². The van der Waals surface area contributed by atoms with Gasteiger partial charge in [-0.1, -0.05) is 31.9 Å². The summed E-state index contributed by atoms with van der Waals surface area (Å²) in [5.74, 6) is -0.695. The number of hydrogen-bond acceptors (Lipinski definition) is 2. The van der Waals surface area contributed by atoms with E-state index in [0.717, 1.165) is 8.95 Å². The highest BCUT2D eigenvalue weighted by molar-refractivity contribution is 9.11. The molecule has 0 spiro atoms. The van der Waals surface area contributed by atoms with Crippen LogP contribution >= 0.6 is 31.9 Å². The second-order valence-electron chi connectivity index (χ2n) is 4.64. The maximum atomic E-state index is 12.0. The molecule has 0 atom stereocenters. The molecule has 18 heavy (non-hydrogen) atoms.